The number of aromatic amines is 1. The van der Waals surface area contributed by atoms with Crippen LogP contribution in [0.3, 0.4) is 0 Å². The van der Waals surface area contributed by atoms with Crippen molar-refractivity contribution in [1.29, 1.82) is 0 Å². The van der Waals surface area contributed by atoms with Crippen LogP contribution in [0.2, 0.25) is 0 Å². The summed E-state index contributed by atoms with van der Waals surface area (Å²) in [5.74, 6) is 1.15. The van der Waals surface area contributed by atoms with Gasteiger partial charge in [-0.25, -0.2) is 4.98 Å². The monoisotopic (exact) mass is 387 g/mol. The van der Waals surface area contributed by atoms with Crippen molar-refractivity contribution in [3.05, 3.63) is 51.9 Å². The van der Waals surface area contributed by atoms with Crippen molar-refractivity contribution in [3.63, 3.8) is 0 Å². The average molecular weight is 388 g/mol. The van der Waals surface area contributed by atoms with Gasteiger partial charge in [-0.15, -0.1) is 0 Å². The molecule has 3 rings (SSSR count). The van der Waals surface area contributed by atoms with E-state index < -0.39 is 0 Å². The number of ether oxygens (including phenoxy) is 1. The Bertz CT molecular complexity index is 831. The lowest BCUT2D eigenvalue weighted by Gasteiger charge is -2.22. The highest BCUT2D eigenvalue weighted by Crippen LogP contribution is 2.29. The van der Waals surface area contributed by atoms with Gasteiger partial charge in [0.15, 0.2) is 5.16 Å². The van der Waals surface area contributed by atoms with Gasteiger partial charge >= 0.3 is 0 Å². The summed E-state index contributed by atoms with van der Waals surface area (Å²) in [4.78, 5) is 33.6. The van der Waals surface area contributed by atoms with Crippen LogP contribution in [0.15, 0.2) is 40.3 Å². The second kappa shape index (κ2) is 9.08. The van der Waals surface area contributed by atoms with Crippen LogP contribution in [0, 0.1) is 0 Å². The topological polar surface area (TPSA) is 75.3 Å². The molecule has 1 aliphatic carbocycles. The molecule has 0 radical (unpaired) electrons. The van der Waals surface area contributed by atoms with Crippen molar-refractivity contribution in [2.75, 3.05) is 12.9 Å². The third kappa shape index (κ3) is 5.60. The zero-order valence-corrected chi connectivity index (χ0v) is 16.6. The molecule has 144 valence electrons. The van der Waals surface area contributed by atoms with E-state index in [1.165, 1.54) is 17.8 Å². The second-order valence-electron chi connectivity index (χ2n) is 6.68. The van der Waals surface area contributed by atoms with Crippen LogP contribution in [0.5, 0.6) is 5.75 Å². The minimum absolute atomic E-state index is 0.0712. The smallest absolute Gasteiger partial charge is 0.251 e. The highest BCUT2D eigenvalue weighted by molar-refractivity contribution is 7.99. The molecular weight excluding hydrogens is 362 g/mol. The summed E-state index contributed by atoms with van der Waals surface area (Å²) in [5, 5.41) is 0.513. The van der Waals surface area contributed by atoms with E-state index in [1.54, 1.807) is 7.11 Å². The zero-order valence-electron chi connectivity index (χ0n) is 15.7. The zero-order chi connectivity index (χ0) is 19.2. The maximum Gasteiger partial charge on any atom is 0.251 e. The third-order valence-electron chi connectivity index (χ3n) is 4.43. The molecule has 0 bridgehead atoms. The molecule has 1 aromatic carbocycles. The predicted octanol–water partition coefficient (Wildman–Crippen LogP) is 3.01. The standard InChI is InChI=1S/C20H25N3O3S/c1-3-4-15-11-18(24)22-20(21-15)27-13-19(25)23(16-7-8-16)12-14-5-9-17(26-2)10-6-14/h5-6,9-11,16H,3-4,7-8,12-13H2,1-2H3,(H,21,22,24). The molecule has 0 atom stereocenters. The van der Waals surface area contributed by atoms with E-state index in [9.17, 15) is 9.59 Å². The van der Waals surface area contributed by atoms with Crippen LogP contribution in [0.1, 0.15) is 37.4 Å². The highest BCUT2D eigenvalue weighted by atomic mass is 32.2. The Morgan fingerprint density at radius 2 is 2.07 bits per heavy atom. The number of aromatic nitrogens is 2. The maximum atomic E-state index is 12.8. The number of hydrogen-bond donors (Lipinski definition) is 1. The molecule has 0 saturated heterocycles. The molecular formula is C20H25N3O3S. The van der Waals surface area contributed by atoms with Crippen LogP contribution in [-0.4, -0.2) is 39.7 Å². The fraction of sp³-hybridized carbons (Fsp3) is 0.450. The molecule has 0 aliphatic heterocycles. The van der Waals surface area contributed by atoms with Gasteiger partial charge in [-0.2, -0.15) is 0 Å². The molecule has 1 N–H and O–H groups in total. The minimum atomic E-state index is -0.166. The Hall–Kier alpha value is -2.28. The van der Waals surface area contributed by atoms with Crippen LogP contribution in [0.25, 0.3) is 0 Å². The number of nitrogens with one attached hydrogen (secondary N) is 1. The Labute approximate surface area is 163 Å². The van der Waals surface area contributed by atoms with Gasteiger partial charge in [0.2, 0.25) is 5.91 Å². The van der Waals surface area contributed by atoms with E-state index in [4.69, 9.17) is 4.74 Å². The Morgan fingerprint density at radius 3 is 2.70 bits per heavy atom. The molecule has 27 heavy (non-hydrogen) atoms. The molecule has 0 unspecified atom stereocenters. The lowest BCUT2D eigenvalue weighted by Crippen LogP contribution is -2.34. The molecule has 1 aromatic heterocycles. The van der Waals surface area contributed by atoms with Crippen LogP contribution < -0.4 is 10.3 Å². The quantitative estimate of drug-likeness (QED) is 0.529. The first-order valence-corrected chi connectivity index (χ1v) is 10.2. The van der Waals surface area contributed by atoms with Crippen molar-refractivity contribution in [3.8, 4) is 5.75 Å². The number of methoxy groups -OCH3 is 1. The van der Waals surface area contributed by atoms with E-state index in [-0.39, 0.29) is 17.2 Å². The van der Waals surface area contributed by atoms with E-state index in [2.05, 4.69) is 9.97 Å². The van der Waals surface area contributed by atoms with E-state index >= 15 is 0 Å². The molecule has 1 aliphatic rings. The molecule has 7 heteroatoms. The summed E-state index contributed by atoms with van der Waals surface area (Å²) in [5.41, 5.74) is 1.69. The molecule has 1 amide bonds. The number of benzene rings is 1. The first-order chi connectivity index (χ1) is 13.1. The average Bonchev–Trinajstić information content (AvgIpc) is 3.49. The van der Waals surface area contributed by atoms with Gasteiger partial charge in [0.05, 0.1) is 12.9 Å². The van der Waals surface area contributed by atoms with Crippen LogP contribution >= 0.6 is 11.8 Å². The largest absolute Gasteiger partial charge is 0.497 e. The highest BCUT2D eigenvalue weighted by Gasteiger charge is 2.32. The summed E-state index contributed by atoms with van der Waals surface area (Å²) in [6.07, 6.45) is 3.79. The summed E-state index contributed by atoms with van der Waals surface area (Å²) in [6.45, 7) is 2.64. The first kappa shape index (κ1) is 19.5. The second-order valence-corrected chi connectivity index (χ2v) is 7.65. The number of nitrogens with zero attached hydrogens (tertiary/aromatic N) is 2. The van der Waals surface area contributed by atoms with Crippen molar-refractivity contribution in [1.82, 2.24) is 14.9 Å². The molecule has 1 heterocycles. The fourth-order valence-electron chi connectivity index (χ4n) is 2.88. The summed E-state index contributed by atoms with van der Waals surface area (Å²) in [6, 6.07) is 9.64. The number of H-pyrrole nitrogens is 1. The van der Waals surface area contributed by atoms with Gasteiger partial charge in [-0.1, -0.05) is 37.2 Å². The van der Waals surface area contributed by atoms with Gasteiger partial charge in [-0.05, 0) is 37.0 Å². The fourth-order valence-corrected chi connectivity index (χ4v) is 3.66. The van der Waals surface area contributed by atoms with E-state index in [1.807, 2.05) is 36.1 Å². The summed E-state index contributed by atoms with van der Waals surface area (Å²) < 4.78 is 5.19. The van der Waals surface area contributed by atoms with Crippen molar-refractivity contribution in [2.24, 2.45) is 0 Å². The first-order valence-electron chi connectivity index (χ1n) is 9.24. The molecule has 0 spiro atoms. The third-order valence-corrected chi connectivity index (χ3v) is 5.29. The molecule has 1 fully saturated rings. The lowest BCUT2D eigenvalue weighted by molar-refractivity contribution is -0.129. The minimum Gasteiger partial charge on any atom is -0.497 e. The van der Waals surface area contributed by atoms with Crippen molar-refractivity contribution in [2.45, 2.75) is 50.4 Å². The van der Waals surface area contributed by atoms with Crippen LogP contribution in [0.4, 0.5) is 0 Å². The SMILES string of the molecule is CCCc1cc(=O)[nH]c(SCC(=O)N(Cc2ccc(OC)cc2)C2CC2)n1. The Balaban J connectivity index is 1.63. The van der Waals surface area contributed by atoms with E-state index in [0.717, 1.165) is 42.7 Å². The van der Waals surface area contributed by atoms with Crippen LogP contribution in [-0.2, 0) is 17.8 Å². The van der Waals surface area contributed by atoms with Gasteiger partial charge in [0, 0.05) is 24.3 Å². The normalized spacial score (nSPS) is 13.4. The summed E-state index contributed by atoms with van der Waals surface area (Å²) >= 11 is 1.29. The number of rotatable bonds is 9. The summed E-state index contributed by atoms with van der Waals surface area (Å²) in [7, 11) is 1.64. The lowest BCUT2D eigenvalue weighted by atomic mass is 10.2. The van der Waals surface area contributed by atoms with Gasteiger partial charge in [-0.3, -0.25) is 9.59 Å². The van der Waals surface area contributed by atoms with Gasteiger partial charge in [0.1, 0.15) is 5.75 Å². The van der Waals surface area contributed by atoms with E-state index in [0.29, 0.717) is 17.7 Å². The van der Waals surface area contributed by atoms with Gasteiger partial charge in [0.25, 0.3) is 5.56 Å². The van der Waals surface area contributed by atoms with Gasteiger partial charge < -0.3 is 14.6 Å². The number of amides is 1. The molecule has 2 aromatic rings. The van der Waals surface area contributed by atoms with Crippen molar-refractivity contribution >= 4 is 17.7 Å². The number of aryl methyl sites for hydroxylation is 1. The Morgan fingerprint density at radius 1 is 1.33 bits per heavy atom. The molecule has 6 nitrogen and oxygen atoms in total. The molecule has 1 saturated carbocycles. The number of thioether (sulfide) groups is 1. The Kier molecular flexibility index (Phi) is 6.55. The maximum absolute atomic E-state index is 12.8. The number of hydrogen-bond acceptors (Lipinski definition) is 5. The number of carbonyl (C=O) groups excluding carboxylic acids is 1. The van der Waals surface area contributed by atoms with Crippen molar-refractivity contribution < 1.29 is 9.53 Å². The number of carbonyl (C=O) groups is 1. The predicted molar refractivity (Wildman–Crippen MR) is 106 cm³/mol.